The average Bonchev–Trinajstić information content (AvgIpc) is 3.43. The van der Waals surface area contributed by atoms with Crippen LogP contribution in [-0.2, 0) is 29.9 Å². The Morgan fingerprint density at radius 3 is 1.10 bits per heavy atom. The summed E-state index contributed by atoms with van der Waals surface area (Å²) < 4.78 is 10.9. The SMILES string of the molecule is O=C(CC1(CC2(CC(=O)OCCO)c3ccccc3-c3ccccc32)c2ccccc2-c2ccccc21)OCCO. The van der Waals surface area contributed by atoms with Crippen LogP contribution in [0.5, 0.6) is 0 Å². The fraction of sp³-hybridized carbons (Fsp3) is 0.257. The predicted molar refractivity (Wildman–Crippen MR) is 155 cm³/mol. The van der Waals surface area contributed by atoms with Crippen LogP contribution in [-0.4, -0.2) is 48.6 Å². The van der Waals surface area contributed by atoms with Gasteiger partial charge in [0.15, 0.2) is 0 Å². The van der Waals surface area contributed by atoms with Crippen LogP contribution in [0.15, 0.2) is 97.1 Å². The summed E-state index contributed by atoms with van der Waals surface area (Å²) in [6.45, 7) is -0.675. The Morgan fingerprint density at radius 1 is 0.512 bits per heavy atom. The van der Waals surface area contributed by atoms with Gasteiger partial charge in [-0.25, -0.2) is 0 Å². The van der Waals surface area contributed by atoms with Crippen LogP contribution >= 0.6 is 0 Å². The lowest BCUT2D eigenvalue weighted by molar-refractivity contribution is -0.146. The van der Waals surface area contributed by atoms with Crippen LogP contribution in [0.3, 0.4) is 0 Å². The third kappa shape index (κ3) is 4.44. The van der Waals surface area contributed by atoms with Crippen LogP contribution in [0.2, 0.25) is 0 Å². The Bertz CT molecular complexity index is 1400. The van der Waals surface area contributed by atoms with Crippen LogP contribution in [0.25, 0.3) is 22.3 Å². The summed E-state index contributed by atoms with van der Waals surface area (Å²) in [5.74, 6) is -0.828. The molecule has 2 aliphatic carbocycles. The number of rotatable bonds is 10. The predicted octanol–water partition coefficient (Wildman–Crippen LogP) is 5.16. The Balaban J connectivity index is 1.61. The number of aliphatic hydroxyl groups is 2. The molecule has 4 aromatic carbocycles. The third-order valence-electron chi connectivity index (χ3n) is 8.56. The summed E-state index contributed by atoms with van der Waals surface area (Å²) in [7, 11) is 0. The third-order valence-corrected chi connectivity index (χ3v) is 8.56. The largest absolute Gasteiger partial charge is 0.463 e. The molecule has 208 valence electrons. The molecule has 0 heterocycles. The minimum atomic E-state index is -0.832. The number of hydrogen-bond acceptors (Lipinski definition) is 6. The summed E-state index contributed by atoms with van der Waals surface area (Å²) in [6, 6.07) is 32.5. The number of esters is 2. The van der Waals surface area contributed by atoms with Gasteiger partial charge in [0, 0.05) is 10.8 Å². The maximum atomic E-state index is 13.5. The zero-order valence-electron chi connectivity index (χ0n) is 22.7. The molecule has 6 nitrogen and oxygen atoms in total. The van der Waals surface area contributed by atoms with Gasteiger partial charge in [-0.2, -0.15) is 0 Å². The Morgan fingerprint density at radius 2 is 0.805 bits per heavy atom. The molecule has 6 rings (SSSR count). The number of aliphatic hydroxyl groups excluding tert-OH is 2. The first-order valence-electron chi connectivity index (χ1n) is 14.0. The molecular weight excluding hydrogens is 516 g/mol. The zero-order chi connectivity index (χ0) is 28.5. The quantitative estimate of drug-likeness (QED) is 0.266. The molecule has 0 saturated carbocycles. The van der Waals surface area contributed by atoms with Crippen molar-refractivity contribution in [3.63, 3.8) is 0 Å². The molecule has 2 aliphatic rings. The monoisotopic (exact) mass is 548 g/mol. The van der Waals surface area contributed by atoms with Crippen molar-refractivity contribution in [3.8, 4) is 22.3 Å². The van der Waals surface area contributed by atoms with Gasteiger partial charge < -0.3 is 19.7 Å². The normalized spacial score (nSPS) is 14.9. The maximum absolute atomic E-state index is 13.5. The minimum absolute atomic E-state index is 0.0405. The number of hydrogen-bond donors (Lipinski definition) is 2. The van der Waals surface area contributed by atoms with Gasteiger partial charge in [0.25, 0.3) is 0 Å². The molecule has 0 fully saturated rings. The highest BCUT2D eigenvalue weighted by Crippen LogP contribution is 2.61. The molecule has 0 unspecified atom stereocenters. The molecule has 0 bridgehead atoms. The summed E-state index contributed by atoms with van der Waals surface area (Å²) in [5.41, 5.74) is 6.57. The van der Waals surface area contributed by atoms with Crippen LogP contribution in [0.1, 0.15) is 41.5 Å². The standard InChI is InChI=1S/C35H32O6/c36-17-19-40-32(38)21-34(28-13-5-1-9-24(28)25-10-2-6-14-29(25)34)23-35(22-33(39)41-20-18-37)30-15-7-3-11-26(30)27-12-4-8-16-31(27)35/h1-16,36-37H,17-23H2. The van der Waals surface area contributed by atoms with Gasteiger partial charge in [0.05, 0.1) is 26.1 Å². The van der Waals surface area contributed by atoms with Gasteiger partial charge in [0.1, 0.15) is 13.2 Å². The van der Waals surface area contributed by atoms with Crippen molar-refractivity contribution in [2.45, 2.75) is 30.1 Å². The van der Waals surface area contributed by atoms with Gasteiger partial charge in [-0.05, 0) is 50.9 Å². The van der Waals surface area contributed by atoms with Crippen LogP contribution in [0, 0.1) is 0 Å². The zero-order valence-corrected chi connectivity index (χ0v) is 22.7. The highest BCUT2D eigenvalue weighted by molar-refractivity contribution is 5.88. The van der Waals surface area contributed by atoms with Crippen molar-refractivity contribution in [3.05, 3.63) is 119 Å². The summed E-state index contributed by atoms with van der Waals surface area (Å²) in [4.78, 5) is 26.9. The molecule has 0 amide bonds. The Labute approximate surface area is 239 Å². The molecule has 2 N–H and O–H groups in total. The van der Waals surface area contributed by atoms with E-state index in [4.69, 9.17) is 9.47 Å². The lowest BCUT2D eigenvalue weighted by Crippen LogP contribution is -2.41. The van der Waals surface area contributed by atoms with Gasteiger partial charge >= 0.3 is 11.9 Å². The fourth-order valence-electron chi connectivity index (χ4n) is 7.15. The van der Waals surface area contributed by atoms with E-state index >= 15 is 0 Å². The Kier molecular flexibility index (Phi) is 7.20. The van der Waals surface area contributed by atoms with Crippen molar-refractivity contribution in [1.29, 1.82) is 0 Å². The molecule has 0 saturated heterocycles. The maximum Gasteiger partial charge on any atom is 0.307 e. The topological polar surface area (TPSA) is 93.1 Å². The van der Waals surface area contributed by atoms with Crippen molar-refractivity contribution in [2.24, 2.45) is 0 Å². The molecule has 6 heteroatoms. The molecule has 4 aromatic rings. The highest BCUT2D eigenvalue weighted by atomic mass is 16.5. The van der Waals surface area contributed by atoms with E-state index in [-0.39, 0.29) is 39.3 Å². The number of benzene rings is 4. The number of ether oxygens (including phenoxy) is 2. The fourth-order valence-corrected chi connectivity index (χ4v) is 7.15. The second-order valence-corrected chi connectivity index (χ2v) is 10.8. The van der Waals surface area contributed by atoms with Crippen molar-refractivity contribution in [1.82, 2.24) is 0 Å². The smallest absolute Gasteiger partial charge is 0.307 e. The summed E-state index contributed by atoms with van der Waals surface area (Å²) in [6.07, 6.45) is 0.488. The molecule has 0 aromatic heterocycles. The van der Waals surface area contributed by atoms with Crippen LogP contribution < -0.4 is 0 Å². The van der Waals surface area contributed by atoms with Gasteiger partial charge in [0.2, 0.25) is 0 Å². The van der Waals surface area contributed by atoms with Gasteiger partial charge in [-0.15, -0.1) is 0 Å². The first-order valence-corrected chi connectivity index (χ1v) is 14.0. The Hall–Kier alpha value is -4.26. The van der Waals surface area contributed by atoms with Gasteiger partial charge in [-0.1, -0.05) is 97.1 Å². The van der Waals surface area contributed by atoms with Gasteiger partial charge in [-0.3, -0.25) is 9.59 Å². The lowest BCUT2D eigenvalue weighted by atomic mass is 9.60. The van der Waals surface area contributed by atoms with E-state index in [9.17, 15) is 19.8 Å². The second kappa shape index (κ2) is 11.0. The van der Waals surface area contributed by atoms with E-state index in [0.29, 0.717) is 6.42 Å². The van der Waals surface area contributed by atoms with E-state index in [1.54, 1.807) is 0 Å². The molecular formula is C35H32O6. The molecule has 0 radical (unpaired) electrons. The van der Waals surface area contributed by atoms with Crippen molar-refractivity contribution < 1.29 is 29.3 Å². The van der Waals surface area contributed by atoms with E-state index in [0.717, 1.165) is 44.5 Å². The molecule has 0 spiro atoms. The first-order chi connectivity index (χ1) is 20.0. The van der Waals surface area contributed by atoms with E-state index < -0.39 is 22.8 Å². The molecule has 0 atom stereocenters. The molecule has 41 heavy (non-hydrogen) atoms. The number of fused-ring (bicyclic) bond motifs is 6. The number of carbonyl (C=O) groups is 2. The number of carbonyl (C=O) groups excluding carboxylic acids is 2. The average molecular weight is 549 g/mol. The highest BCUT2D eigenvalue weighted by Gasteiger charge is 2.54. The van der Waals surface area contributed by atoms with E-state index in [2.05, 4.69) is 48.5 Å². The first kappa shape index (κ1) is 26.9. The van der Waals surface area contributed by atoms with E-state index in [1.807, 2.05) is 48.5 Å². The van der Waals surface area contributed by atoms with E-state index in [1.165, 1.54) is 0 Å². The van der Waals surface area contributed by atoms with Crippen LogP contribution in [0.4, 0.5) is 0 Å². The van der Waals surface area contributed by atoms with Crippen molar-refractivity contribution >= 4 is 11.9 Å². The second-order valence-electron chi connectivity index (χ2n) is 10.8. The lowest BCUT2D eigenvalue weighted by Gasteiger charge is -2.41. The van der Waals surface area contributed by atoms with Crippen molar-refractivity contribution in [2.75, 3.05) is 26.4 Å². The molecule has 0 aliphatic heterocycles. The summed E-state index contributed by atoms with van der Waals surface area (Å²) >= 11 is 0. The summed E-state index contributed by atoms with van der Waals surface area (Å²) in [5, 5.41) is 18.7. The minimum Gasteiger partial charge on any atom is -0.463 e.